The number of nitrogens with one attached hydrogen (secondary N) is 2. The first-order valence-electron chi connectivity index (χ1n) is 16.3. The Morgan fingerprint density at radius 3 is 1.46 bits per heavy atom. The van der Waals surface area contributed by atoms with E-state index < -0.39 is 0 Å². The highest BCUT2D eigenvalue weighted by molar-refractivity contribution is 5.95. The predicted octanol–water partition coefficient (Wildman–Crippen LogP) is 4.14. The van der Waals surface area contributed by atoms with Gasteiger partial charge in [0.25, 0.3) is 11.1 Å². The number of hydrogen-bond acceptors (Lipinski definition) is 8. The summed E-state index contributed by atoms with van der Waals surface area (Å²) in [7, 11) is 11.6. The number of aromatic nitrogens is 2. The standard InChI is InChI=1S/2C18H25N3O2/c2*1-20(2)10-8-13-6-7-16-15(11-13)17-14(5-4-9-19-17)18(22)21(16)12-23-3/h2*6-7,11,19H,4-5,8-10,12H2,1-3H3. The maximum absolute atomic E-state index is 12.8. The van der Waals surface area contributed by atoms with Crippen molar-refractivity contribution in [2.24, 2.45) is 0 Å². The minimum atomic E-state index is 0.0718. The van der Waals surface area contributed by atoms with Crippen molar-refractivity contribution in [1.82, 2.24) is 18.9 Å². The largest absolute Gasteiger partial charge is 0.384 e. The van der Waals surface area contributed by atoms with Gasteiger partial charge in [0.2, 0.25) is 0 Å². The molecular weight excluding hydrogens is 580 g/mol. The van der Waals surface area contributed by atoms with E-state index in [0.717, 1.165) is 109 Å². The van der Waals surface area contributed by atoms with Gasteiger partial charge in [-0.05, 0) is 102 Å². The highest BCUT2D eigenvalue weighted by atomic mass is 16.5. The van der Waals surface area contributed by atoms with Crippen LogP contribution in [-0.2, 0) is 48.6 Å². The van der Waals surface area contributed by atoms with Gasteiger partial charge in [0.1, 0.15) is 13.5 Å². The molecule has 2 aromatic carbocycles. The Labute approximate surface area is 271 Å². The zero-order chi connectivity index (χ0) is 32.8. The number of anilines is 2. The Bertz CT molecular complexity index is 1660. The molecule has 0 saturated heterocycles. The van der Waals surface area contributed by atoms with Gasteiger partial charge in [0.05, 0.1) is 22.4 Å². The summed E-state index contributed by atoms with van der Waals surface area (Å²) in [5, 5.41) is 9.15. The second-order valence-corrected chi connectivity index (χ2v) is 12.9. The summed E-state index contributed by atoms with van der Waals surface area (Å²) in [5.74, 6) is 0. The molecule has 6 rings (SSSR count). The van der Waals surface area contributed by atoms with E-state index >= 15 is 0 Å². The number of fused-ring (bicyclic) bond motifs is 6. The van der Waals surface area contributed by atoms with E-state index in [0.29, 0.717) is 13.5 Å². The van der Waals surface area contributed by atoms with Crippen molar-refractivity contribution >= 4 is 33.2 Å². The molecule has 10 heteroatoms. The number of likely N-dealkylation sites (N-methyl/N-ethyl adjacent to an activating group) is 2. The minimum Gasteiger partial charge on any atom is -0.384 e. The maximum atomic E-state index is 12.8. The Morgan fingerprint density at radius 2 is 1.09 bits per heavy atom. The molecule has 248 valence electrons. The topological polar surface area (TPSA) is 93.0 Å². The average molecular weight is 631 g/mol. The molecule has 0 spiro atoms. The molecule has 46 heavy (non-hydrogen) atoms. The van der Waals surface area contributed by atoms with E-state index in [4.69, 9.17) is 9.47 Å². The van der Waals surface area contributed by atoms with Crippen molar-refractivity contribution in [3.8, 4) is 0 Å². The van der Waals surface area contributed by atoms with Crippen molar-refractivity contribution in [1.29, 1.82) is 0 Å². The fourth-order valence-electron chi connectivity index (χ4n) is 6.48. The molecule has 4 heterocycles. The minimum absolute atomic E-state index is 0.0718. The van der Waals surface area contributed by atoms with Crippen molar-refractivity contribution in [3.05, 3.63) is 79.4 Å². The number of pyridine rings is 2. The van der Waals surface area contributed by atoms with E-state index in [9.17, 15) is 9.59 Å². The number of benzene rings is 2. The van der Waals surface area contributed by atoms with Gasteiger partial charge < -0.3 is 29.9 Å². The van der Waals surface area contributed by atoms with Crippen LogP contribution in [0.15, 0.2) is 46.0 Å². The van der Waals surface area contributed by atoms with Gasteiger partial charge in [0.15, 0.2) is 0 Å². The average Bonchev–Trinajstić information content (AvgIpc) is 3.07. The Morgan fingerprint density at radius 1 is 0.674 bits per heavy atom. The molecule has 0 bridgehead atoms. The molecule has 0 atom stereocenters. The molecule has 0 amide bonds. The van der Waals surface area contributed by atoms with Gasteiger partial charge in [-0.1, -0.05) is 12.1 Å². The van der Waals surface area contributed by atoms with Crippen LogP contribution >= 0.6 is 0 Å². The van der Waals surface area contributed by atoms with Crippen LogP contribution in [0.5, 0.6) is 0 Å². The number of ether oxygens (including phenoxy) is 2. The van der Waals surface area contributed by atoms with Gasteiger partial charge in [-0.2, -0.15) is 0 Å². The molecule has 0 saturated carbocycles. The van der Waals surface area contributed by atoms with Crippen LogP contribution in [0.25, 0.3) is 21.8 Å². The van der Waals surface area contributed by atoms with Crippen LogP contribution in [0.3, 0.4) is 0 Å². The van der Waals surface area contributed by atoms with E-state index in [-0.39, 0.29) is 11.1 Å². The van der Waals surface area contributed by atoms with Crippen LogP contribution in [0.2, 0.25) is 0 Å². The van der Waals surface area contributed by atoms with E-state index in [1.165, 1.54) is 11.1 Å². The monoisotopic (exact) mass is 630 g/mol. The van der Waals surface area contributed by atoms with Crippen LogP contribution < -0.4 is 21.8 Å². The number of rotatable bonds is 10. The fourth-order valence-corrected chi connectivity index (χ4v) is 6.48. The lowest BCUT2D eigenvalue weighted by Crippen LogP contribution is -2.29. The molecule has 2 aliphatic rings. The third-order valence-corrected chi connectivity index (χ3v) is 8.87. The van der Waals surface area contributed by atoms with E-state index in [1.54, 1.807) is 23.4 Å². The molecule has 0 radical (unpaired) electrons. The molecule has 2 N–H and O–H groups in total. The number of hydrogen-bond donors (Lipinski definition) is 2. The smallest absolute Gasteiger partial charge is 0.258 e. The van der Waals surface area contributed by atoms with Crippen molar-refractivity contribution < 1.29 is 9.47 Å². The lowest BCUT2D eigenvalue weighted by atomic mass is 9.99. The Balaban J connectivity index is 0.000000181. The first-order chi connectivity index (χ1) is 22.2. The van der Waals surface area contributed by atoms with Crippen LogP contribution in [-0.4, -0.2) is 87.5 Å². The summed E-state index contributed by atoms with van der Waals surface area (Å²) in [6.07, 6.45) is 5.68. The lowest BCUT2D eigenvalue weighted by molar-refractivity contribution is 0.131. The zero-order valence-electron chi connectivity index (χ0n) is 28.4. The summed E-state index contributed by atoms with van der Waals surface area (Å²) in [5.41, 5.74) is 8.45. The molecule has 2 aromatic heterocycles. The van der Waals surface area contributed by atoms with Crippen molar-refractivity contribution in [2.45, 2.75) is 52.0 Å². The second kappa shape index (κ2) is 15.3. The summed E-state index contributed by atoms with van der Waals surface area (Å²) in [4.78, 5) is 29.9. The Kier molecular flexibility index (Phi) is 11.2. The van der Waals surface area contributed by atoms with Gasteiger partial charge in [-0.15, -0.1) is 0 Å². The summed E-state index contributed by atoms with van der Waals surface area (Å²) in [6.45, 7) is 4.46. The molecular formula is C36H50N6O4. The highest BCUT2D eigenvalue weighted by Gasteiger charge is 2.21. The van der Waals surface area contributed by atoms with Crippen LogP contribution in [0.4, 0.5) is 11.4 Å². The third-order valence-electron chi connectivity index (χ3n) is 8.87. The SMILES string of the molecule is COCn1c(=O)c2c(c3cc(CCN(C)C)ccc31)NCCC2.COCn1c(=O)c2c(c3cc(CCN(C)C)ccc31)NCCC2. The molecule has 0 aliphatic carbocycles. The van der Waals surface area contributed by atoms with Gasteiger partial charge >= 0.3 is 0 Å². The molecule has 2 aliphatic heterocycles. The summed E-state index contributed by atoms with van der Waals surface area (Å²) >= 11 is 0. The first-order valence-corrected chi connectivity index (χ1v) is 16.3. The maximum Gasteiger partial charge on any atom is 0.258 e. The normalized spacial score (nSPS) is 14.1. The lowest BCUT2D eigenvalue weighted by Gasteiger charge is -2.22. The van der Waals surface area contributed by atoms with Gasteiger partial charge in [0, 0.05) is 62.3 Å². The first kappa shape index (κ1) is 33.7. The molecule has 0 fully saturated rings. The Hall–Kier alpha value is -3.70. The fraction of sp³-hybridized carbons (Fsp3) is 0.500. The van der Waals surface area contributed by atoms with Gasteiger partial charge in [-0.3, -0.25) is 18.7 Å². The number of nitrogens with zero attached hydrogens (tertiary/aromatic N) is 4. The number of methoxy groups -OCH3 is 2. The quantitative estimate of drug-likeness (QED) is 0.270. The van der Waals surface area contributed by atoms with Crippen molar-refractivity contribution in [2.75, 3.05) is 79.2 Å². The summed E-state index contributed by atoms with van der Waals surface area (Å²) < 4.78 is 14.0. The third kappa shape index (κ3) is 7.31. The van der Waals surface area contributed by atoms with Crippen molar-refractivity contribution in [3.63, 3.8) is 0 Å². The highest BCUT2D eigenvalue weighted by Crippen LogP contribution is 2.31. The van der Waals surface area contributed by atoms with E-state index in [1.807, 2.05) is 0 Å². The predicted molar refractivity (Wildman–Crippen MR) is 189 cm³/mol. The zero-order valence-corrected chi connectivity index (χ0v) is 28.4. The molecule has 10 nitrogen and oxygen atoms in total. The van der Waals surface area contributed by atoms with Gasteiger partial charge in [-0.25, -0.2) is 0 Å². The van der Waals surface area contributed by atoms with Crippen LogP contribution in [0, 0.1) is 0 Å². The summed E-state index contributed by atoms with van der Waals surface area (Å²) in [6, 6.07) is 12.8. The molecule has 4 aromatic rings. The second-order valence-electron chi connectivity index (χ2n) is 12.9. The molecule has 0 unspecified atom stereocenters. The van der Waals surface area contributed by atoms with Crippen LogP contribution in [0.1, 0.15) is 35.1 Å². The van der Waals surface area contributed by atoms with E-state index in [2.05, 4.69) is 85.0 Å².